The van der Waals surface area contributed by atoms with E-state index in [1.54, 1.807) is 18.2 Å². The summed E-state index contributed by atoms with van der Waals surface area (Å²) in [6.07, 6.45) is 2.18. The first-order valence-corrected chi connectivity index (χ1v) is 6.66. The number of benzene rings is 1. The van der Waals surface area contributed by atoms with Gasteiger partial charge in [-0.2, -0.15) is 0 Å². The molecule has 0 fully saturated rings. The summed E-state index contributed by atoms with van der Waals surface area (Å²) in [6.45, 7) is 6.48. The van der Waals surface area contributed by atoms with E-state index in [-0.39, 0.29) is 11.6 Å². The monoisotopic (exact) mass is 261 g/mol. The zero-order chi connectivity index (χ0) is 14.0. The van der Waals surface area contributed by atoms with Gasteiger partial charge in [-0.05, 0) is 31.0 Å². The first kappa shape index (κ1) is 13.5. The molecule has 0 aliphatic rings. The number of aromatic carboxylic acids is 1. The average molecular weight is 261 g/mol. The zero-order valence-corrected chi connectivity index (χ0v) is 11.5. The molecule has 0 bridgehead atoms. The van der Waals surface area contributed by atoms with Crippen LogP contribution in [0, 0.1) is 5.92 Å². The third-order valence-electron chi connectivity index (χ3n) is 3.83. The molecule has 102 valence electrons. The number of rotatable bonds is 5. The van der Waals surface area contributed by atoms with Gasteiger partial charge in [0.2, 0.25) is 0 Å². The van der Waals surface area contributed by atoms with Gasteiger partial charge in [0.25, 0.3) is 0 Å². The van der Waals surface area contributed by atoms with Gasteiger partial charge in [-0.25, -0.2) is 9.48 Å². The van der Waals surface area contributed by atoms with Crippen LogP contribution in [0.3, 0.4) is 0 Å². The second-order valence-corrected chi connectivity index (χ2v) is 4.86. The predicted octanol–water partition coefficient (Wildman–Crippen LogP) is 3.13. The van der Waals surface area contributed by atoms with Gasteiger partial charge in [0.15, 0.2) is 0 Å². The fraction of sp³-hybridized carbons (Fsp3) is 0.500. The van der Waals surface area contributed by atoms with Crippen molar-refractivity contribution in [3.8, 4) is 0 Å². The Morgan fingerprint density at radius 1 is 1.37 bits per heavy atom. The van der Waals surface area contributed by atoms with Gasteiger partial charge < -0.3 is 5.11 Å². The summed E-state index contributed by atoms with van der Waals surface area (Å²) in [5.74, 6) is -0.395. The van der Waals surface area contributed by atoms with Crippen molar-refractivity contribution in [3.05, 3.63) is 23.8 Å². The summed E-state index contributed by atoms with van der Waals surface area (Å²) < 4.78 is 1.90. The van der Waals surface area contributed by atoms with Gasteiger partial charge in [0.1, 0.15) is 5.52 Å². The molecule has 2 rings (SSSR count). The average Bonchev–Trinajstić information content (AvgIpc) is 2.82. The second-order valence-electron chi connectivity index (χ2n) is 4.86. The largest absolute Gasteiger partial charge is 0.478 e. The van der Waals surface area contributed by atoms with Crippen LogP contribution in [0.2, 0.25) is 0 Å². The zero-order valence-electron chi connectivity index (χ0n) is 11.5. The number of nitrogens with zero attached hydrogens (tertiary/aromatic N) is 3. The topological polar surface area (TPSA) is 68.0 Å². The Labute approximate surface area is 112 Å². The van der Waals surface area contributed by atoms with Gasteiger partial charge in [0, 0.05) is 0 Å². The maximum atomic E-state index is 10.9. The van der Waals surface area contributed by atoms with Crippen LogP contribution in [0.4, 0.5) is 0 Å². The maximum Gasteiger partial charge on any atom is 0.335 e. The Bertz CT molecular complexity index is 587. The molecule has 2 aromatic rings. The molecule has 0 radical (unpaired) electrons. The molecule has 0 saturated carbocycles. The number of hydrogen-bond acceptors (Lipinski definition) is 3. The SMILES string of the molecule is CCC(CC)C(C)n1nnc2cc(C(=O)O)ccc21. The molecule has 1 unspecified atom stereocenters. The van der Waals surface area contributed by atoms with E-state index in [0.717, 1.165) is 18.4 Å². The summed E-state index contributed by atoms with van der Waals surface area (Å²) in [7, 11) is 0. The van der Waals surface area contributed by atoms with E-state index in [2.05, 4.69) is 31.1 Å². The quantitative estimate of drug-likeness (QED) is 0.897. The Morgan fingerprint density at radius 3 is 2.63 bits per heavy atom. The smallest absolute Gasteiger partial charge is 0.335 e. The van der Waals surface area contributed by atoms with Crippen molar-refractivity contribution in [2.45, 2.75) is 39.7 Å². The molecule has 0 spiro atoms. The molecule has 0 saturated heterocycles. The lowest BCUT2D eigenvalue weighted by Crippen LogP contribution is -2.16. The summed E-state index contributed by atoms with van der Waals surface area (Å²) in [5, 5.41) is 17.2. The molecule has 0 amide bonds. The minimum atomic E-state index is -0.940. The molecule has 1 N–H and O–H groups in total. The minimum Gasteiger partial charge on any atom is -0.478 e. The van der Waals surface area contributed by atoms with E-state index in [1.807, 2.05) is 4.68 Å². The normalized spacial score (nSPS) is 13.1. The van der Waals surface area contributed by atoms with Crippen molar-refractivity contribution >= 4 is 17.0 Å². The highest BCUT2D eigenvalue weighted by atomic mass is 16.4. The lowest BCUT2D eigenvalue weighted by Gasteiger charge is -2.21. The van der Waals surface area contributed by atoms with Crippen LogP contribution in [0.5, 0.6) is 0 Å². The molecule has 19 heavy (non-hydrogen) atoms. The van der Waals surface area contributed by atoms with Gasteiger partial charge in [-0.15, -0.1) is 5.10 Å². The van der Waals surface area contributed by atoms with Gasteiger partial charge in [-0.3, -0.25) is 0 Å². The molecule has 1 atom stereocenters. The van der Waals surface area contributed by atoms with E-state index in [0.29, 0.717) is 11.4 Å². The molecule has 5 nitrogen and oxygen atoms in total. The molecule has 0 aliphatic carbocycles. The third-order valence-corrected chi connectivity index (χ3v) is 3.83. The van der Waals surface area contributed by atoms with Crippen LogP contribution in [-0.4, -0.2) is 26.1 Å². The highest BCUT2D eigenvalue weighted by Crippen LogP contribution is 2.26. The molecule has 1 aromatic heterocycles. The minimum absolute atomic E-state index is 0.245. The first-order chi connectivity index (χ1) is 9.08. The number of aromatic nitrogens is 3. The summed E-state index contributed by atoms with van der Waals surface area (Å²) >= 11 is 0. The first-order valence-electron chi connectivity index (χ1n) is 6.66. The van der Waals surface area contributed by atoms with Crippen LogP contribution in [-0.2, 0) is 0 Å². The number of carbonyl (C=O) groups is 1. The van der Waals surface area contributed by atoms with Crippen molar-refractivity contribution in [3.63, 3.8) is 0 Å². The number of carboxylic acid groups (broad SMARTS) is 1. The fourth-order valence-electron chi connectivity index (χ4n) is 2.55. The molecule has 1 heterocycles. The predicted molar refractivity (Wildman–Crippen MR) is 73.3 cm³/mol. The van der Waals surface area contributed by atoms with Crippen LogP contribution in [0.15, 0.2) is 18.2 Å². The van der Waals surface area contributed by atoms with Crippen LogP contribution < -0.4 is 0 Å². The van der Waals surface area contributed by atoms with Gasteiger partial charge in [0.05, 0.1) is 17.1 Å². The van der Waals surface area contributed by atoms with E-state index in [4.69, 9.17) is 5.11 Å². The molecule has 5 heteroatoms. The molecule has 1 aromatic carbocycles. The number of carboxylic acids is 1. The lowest BCUT2D eigenvalue weighted by atomic mass is 9.95. The van der Waals surface area contributed by atoms with E-state index in [9.17, 15) is 4.79 Å². The van der Waals surface area contributed by atoms with Crippen molar-refractivity contribution < 1.29 is 9.90 Å². The van der Waals surface area contributed by atoms with Crippen molar-refractivity contribution in [2.75, 3.05) is 0 Å². The van der Waals surface area contributed by atoms with Gasteiger partial charge in [-0.1, -0.05) is 31.9 Å². The molecular weight excluding hydrogens is 242 g/mol. The Balaban J connectivity index is 2.43. The van der Waals surface area contributed by atoms with Crippen molar-refractivity contribution in [1.82, 2.24) is 15.0 Å². The second kappa shape index (κ2) is 5.38. The summed E-state index contributed by atoms with van der Waals surface area (Å²) in [5.41, 5.74) is 1.77. The standard InChI is InChI=1S/C14H19N3O2/c1-4-10(5-2)9(3)17-13-7-6-11(14(18)19)8-12(13)15-16-17/h6-10H,4-5H2,1-3H3,(H,18,19). The van der Waals surface area contributed by atoms with Gasteiger partial charge >= 0.3 is 5.97 Å². The van der Waals surface area contributed by atoms with E-state index >= 15 is 0 Å². The van der Waals surface area contributed by atoms with Crippen LogP contribution in [0.1, 0.15) is 50.0 Å². The Morgan fingerprint density at radius 2 is 2.05 bits per heavy atom. The number of fused-ring (bicyclic) bond motifs is 1. The van der Waals surface area contributed by atoms with E-state index < -0.39 is 5.97 Å². The highest BCUT2D eigenvalue weighted by Gasteiger charge is 2.19. The summed E-state index contributed by atoms with van der Waals surface area (Å²) in [6, 6.07) is 5.22. The van der Waals surface area contributed by atoms with E-state index in [1.165, 1.54) is 0 Å². The molecule has 0 aliphatic heterocycles. The lowest BCUT2D eigenvalue weighted by molar-refractivity contribution is 0.0697. The van der Waals surface area contributed by atoms with Crippen molar-refractivity contribution in [2.24, 2.45) is 5.92 Å². The molecular formula is C14H19N3O2. The Hall–Kier alpha value is -1.91. The summed E-state index contributed by atoms with van der Waals surface area (Å²) in [4.78, 5) is 10.9. The third kappa shape index (κ3) is 2.45. The van der Waals surface area contributed by atoms with Crippen LogP contribution in [0.25, 0.3) is 11.0 Å². The Kier molecular flexibility index (Phi) is 3.83. The fourth-order valence-corrected chi connectivity index (χ4v) is 2.55. The highest BCUT2D eigenvalue weighted by molar-refractivity contribution is 5.92. The van der Waals surface area contributed by atoms with Crippen LogP contribution >= 0.6 is 0 Å². The van der Waals surface area contributed by atoms with Crippen molar-refractivity contribution in [1.29, 1.82) is 0 Å². The number of hydrogen-bond donors (Lipinski definition) is 1. The maximum absolute atomic E-state index is 10.9.